The maximum absolute atomic E-state index is 5.94. The Kier molecular flexibility index (Phi) is 6.77. The number of methoxy groups -OCH3 is 1. The van der Waals surface area contributed by atoms with Gasteiger partial charge in [-0.1, -0.05) is 35.3 Å². The second kappa shape index (κ2) is 8.82. The number of anilines is 1. The lowest BCUT2D eigenvalue weighted by molar-refractivity contribution is 0.298. The SMILES string of the molecule is COc1ccccc1OCCNC(=S)Nc1cc(Cl)cc(Cl)c1. The quantitative estimate of drug-likeness (QED) is 0.583. The third kappa shape index (κ3) is 5.78. The highest BCUT2D eigenvalue weighted by Crippen LogP contribution is 2.25. The Morgan fingerprint density at radius 3 is 2.39 bits per heavy atom. The molecule has 0 aliphatic heterocycles. The molecule has 0 aromatic heterocycles. The van der Waals surface area contributed by atoms with Crippen molar-refractivity contribution in [2.75, 3.05) is 25.6 Å². The maximum atomic E-state index is 5.94. The van der Waals surface area contributed by atoms with E-state index in [4.69, 9.17) is 44.9 Å². The zero-order chi connectivity index (χ0) is 16.7. The fourth-order valence-electron chi connectivity index (χ4n) is 1.86. The molecule has 0 amide bonds. The van der Waals surface area contributed by atoms with Crippen molar-refractivity contribution in [3.05, 3.63) is 52.5 Å². The molecule has 0 aliphatic rings. The summed E-state index contributed by atoms with van der Waals surface area (Å²) in [5, 5.41) is 7.61. The van der Waals surface area contributed by atoms with E-state index in [2.05, 4.69) is 10.6 Å². The van der Waals surface area contributed by atoms with Gasteiger partial charge in [0.05, 0.1) is 13.7 Å². The predicted octanol–water partition coefficient (Wildman–Crippen LogP) is 4.37. The molecule has 23 heavy (non-hydrogen) atoms. The van der Waals surface area contributed by atoms with Crippen LogP contribution in [0.4, 0.5) is 5.69 Å². The lowest BCUT2D eigenvalue weighted by Gasteiger charge is -2.13. The van der Waals surface area contributed by atoms with Crippen molar-refractivity contribution in [1.29, 1.82) is 0 Å². The standard InChI is InChI=1S/C16H16Cl2N2O2S/c1-21-14-4-2-3-5-15(14)22-7-6-19-16(23)20-13-9-11(17)8-12(18)10-13/h2-5,8-10H,6-7H2,1H3,(H2,19,20,23). The van der Waals surface area contributed by atoms with E-state index in [1.807, 2.05) is 24.3 Å². The summed E-state index contributed by atoms with van der Waals surface area (Å²) < 4.78 is 10.9. The molecule has 0 radical (unpaired) electrons. The number of hydrogen-bond donors (Lipinski definition) is 2. The van der Waals surface area contributed by atoms with Gasteiger partial charge in [0.25, 0.3) is 0 Å². The molecule has 0 atom stereocenters. The molecule has 2 N–H and O–H groups in total. The van der Waals surface area contributed by atoms with Crippen molar-refractivity contribution >= 4 is 46.2 Å². The molecule has 0 saturated carbocycles. The monoisotopic (exact) mass is 370 g/mol. The van der Waals surface area contributed by atoms with Crippen molar-refractivity contribution in [2.45, 2.75) is 0 Å². The largest absolute Gasteiger partial charge is 0.493 e. The van der Waals surface area contributed by atoms with Crippen LogP contribution in [0.1, 0.15) is 0 Å². The number of hydrogen-bond acceptors (Lipinski definition) is 3. The van der Waals surface area contributed by atoms with Gasteiger partial charge in [0.1, 0.15) is 6.61 Å². The van der Waals surface area contributed by atoms with Gasteiger partial charge in [0.2, 0.25) is 0 Å². The van der Waals surface area contributed by atoms with Gasteiger partial charge >= 0.3 is 0 Å². The topological polar surface area (TPSA) is 42.5 Å². The molecule has 2 aromatic carbocycles. The molecule has 4 nitrogen and oxygen atoms in total. The van der Waals surface area contributed by atoms with Gasteiger partial charge in [-0.05, 0) is 42.5 Å². The molecule has 2 rings (SSSR count). The molecule has 0 saturated heterocycles. The first kappa shape index (κ1) is 17.7. The fraction of sp³-hybridized carbons (Fsp3) is 0.188. The van der Waals surface area contributed by atoms with Crippen LogP contribution in [0.15, 0.2) is 42.5 Å². The van der Waals surface area contributed by atoms with Crippen molar-refractivity contribution in [2.24, 2.45) is 0 Å². The summed E-state index contributed by atoms with van der Waals surface area (Å²) in [7, 11) is 1.61. The van der Waals surface area contributed by atoms with E-state index >= 15 is 0 Å². The van der Waals surface area contributed by atoms with E-state index in [-0.39, 0.29) is 0 Å². The van der Waals surface area contributed by atoms with Crippen molar-refractivity contribution in [3.63, 3.8) is 0 Å². The zero-order valence-electron chi connectivity index (χ0n) is 12.4. The first-order valence-corrected chi connectivity index (χ1v) is 8.01. The first-order valence-electron chi connectivity index (χ1n) is 6.85. The van der Waals surface area contributed by atoms with E-state index in [0.717, 1.165) is 5.69 Å². The third-order valence-corrected chi connectivity index (χ3v) is 3.52. The van der Waals surface area contributed by atoms with E-state index < -0.39 is 0 Å². The average molecular weight is 371 g/mol. The summed E-state index contributed by atoms with van der Waals surface area (Å²) >= 11 is 17.1. The second-order valence-electron chi connectivity index (χ2n) is 4.54. The number of ether oxygens (including phenoxy) is 2. The fourth-order valence-corrected chi connectivity index (χ4v) is 2.61. The molecule has 7 heteroatoms. The smallest absolute Gasteiger partial charge is 0.170 e. The minimum absolute atomic E-state index is 0.443. The molecule has 0 heterocycles. The number of thiocarbonyl (C=S) groups is 1. The van der Waals surface area contributed by atoms with Crippen LogP contribution in [0, 0.1) is 0 Å². The summed E-state index contributed by atoms with van der Waals surface area (Å²) in [6.07, 6.45) is 0. The molecule has 0 unspecified atom stereocenters. The molecule has 0 bridgehead atoms. The molecule has 122 valence electrons. The van der Waals surface area contributed by atoms with Crippen LogP contribution in [0.2, 0.25) is 10.0 Å². The normalized spacial score (nSPS) is 10.0. The summed E-state index contributed by atoms with van der Waals surface area (Å²) in [6, 6.07) is 12.6. The van der Waals surface area contributed by atoms with Crippen LogP contribution in [-0.4, -0.2) is 25.4 Å². The van der Waals surface area contributed by atoms with Crippen LogP contribution in [0.3, 0.4) is 0 Å². The Hall–Kier alpha value is -1.69. The lowest BCUT2D eigenvalue weighted by atomic mass is 10.3. The van der Waals surface area contributed by atoms with Crippen molar-refractivity contribution in [3.8, 4) is 11.5 Å². The Labute approximate surface area is 150 Å². The number of para-hydroxylation sites is 2. The lowest BCUT2D eigenvalue weighted by Crippen LogP contribution is -2.31. The number of halogens is 2. The Balaban J connectivity index is 1.76. The zero-order valence-corrected chi connectivity index (χ0v) is 14.8. The van der Waals surface area contributed by atoms with E-state index in [1.165, 1.54) is 0 Å². The Morgan fingerprint density at radius 2 is 1.74 bits per heavy atom. The second-order valence-corrected chi connectivity index (χ2v) is 5.82. The van der Waals surface area contributed by atoms with E-state index in [1.54, 1.807) is 25.3 Å². The van der Waals surface area contributed by atoms with Gasteiger partial charge < -0.3 is 20.1 Å². The van der Waals surface area contributed by atoms with Crippen LogP contribution in [0.5, 0.6) is 11.5 Å². The molecule has 0 fully saturated rings. The maximum Gasteiger partial charge on any atom is 0.170 e. The number of rotatable bonds is 6. The Morgan fingerprint density at radius 1 is 1.09 bits per heavy atom. The van der Waals surface area contributed by atoms with Crippen molar-refractivity contribution < 1.29 is 9.47 Å². The van der Waals surface area contributed by atoms with E-state index in [9.17, 15) is 0 Å². The summed E-state index contributed by atoms with van der Waals surface area (Å²) in [5.74, 6) is 1.39. The van der Waals surface area contributed by atoms with Crippen LogP contribution >= 0.6 is 35.4 Å². The highest BCUT2D eigenvalue weighted by molar-refractivity contribution is 7.80. The Bertz CT molecular complexity index is 663. The van der Waals surface area contributed by atoms with Gasteiger partial charge in [0, 0.05) is 15.7 Å². The molecule has 0 aliphatic carbocycles. The summed E-state index contributed by atoms with van der Waals surface area (Å²) in [5.41, 5.74) is 0.727. The van der Waals surface area contributed by atoms with Gasteiger partial charge in [-0.3, -0.25) is 0 Å². The van der Waals surface area contributed by atoms with Crippen molar-refractivity contribution in [1.82, 2.24) is 5.32 Å². The molecular formula is C16H16Cl2N2O2S. The minimum atomic E-state index is 0.443. The van der Waals surface area contributed by atoms with Gasteiger partial charge in [-0.25, -0.2) is 0 Å². The van der Waals surface area contributed by atoms with E-state index in [0.29, 0.717) is 39.8 Å². The van der Waals surface area contributed by atoms with Crippen LogP contribution in [-0.2, 0) is 0 Å². The number of nitrogens with one attached hydrogen (secondary N) is 2. The molecule has 0 spiro atoms. The minimum Gasteiger partial charge on any atom is -0.493 e. The molecule has 2 aromatic rings. The number of benzene rings is 2. The highest BCUT2D eigenvalue weighted by Gasteiger charge is 2.03. The average Bonchev–Trinajstić information content (AvgIpc) is 2.51. The van der Waals surface area contributed by atoms with Crippen LogP contribution < -0.4 is 20.1 Å². The predicted molar refractivity (Wildman–Crippen MR) is 99.2 cm³/mol. The van der Waals surface area contributed by atoms with Gasteiger partial charge in [0.15, 0.2) is 16.6 Å². The molecular weight excluding hydrogens is 355 g/mol. The van der Waals surface area contributed by atoms with Gasteiger partial charge in [-0.2, -0.15) is 0 Å². The summed E-state index contributed by atoms with van der Waals surface area (Å²) in [4.78, 5) is 0. The highest BCUT2D eigenvalue weighted by atomic mass is 35.5. The van der Waals surface area contributed by atoms with Gasteiger partial charge in [-0.15, -0.1) is 0 Å². The third-order valence-electron chi connectivity index (χ3n) is 2.83. The first-order chi connectivity index (χ1) is 11.1. The van der Waals surface area contributed by atoms with Crippen LogP contribution in [0.25, 0.3) is 0 Å². The summed E-state index contributed by atoms with van der Waals surface area (Å²) in [6.45, 7) is 0.983.